The average molecular weight is 466 g/mol. The minimum atomic E-state index is -0.336. The van der Waals surface area contributed by atoms with Crippen LogP contribution in [0.3, 0.4) is 0 Å². The van der Waals surface area contributed by atoms with Gasteiger partial charge in [-0.05, 0) is 0 Å². The molecule has 6 heteroatoms. The number of carbonyl (C=O) groups is 1. The molecule has 0 bridgehead atoms. The van der Waals surface area contributed by atoms with E-state index in [-0.39, 0.29) is 37.7 Å². The number of ether oxygens (including phenoxy) is 2. The Morgan fingerprint density at radius 2 is 2.06 bits per heavy atom. The van der Waals surface area contributed by atoms with Crippen LogP contribution in [0.1, 0.15) is 32.1 Å². The topological polar surface area (TPSA) is 57.5 Å². The van der Waals surface area contributed by atoms with E-state index in [1.807, 2.05) is 0 Å². The Kier molecular flexibility index (Phi) is 5.75. The van der Waals surface area contributed by atoms with Crippen LogP contribution >= 0.6 is 22.6 Å². The zero-order valence-corrected chi connectivity index (χ0v) is 14.1. The van der Waals surface area contributed by atoms with Crippen molar-refractivity contribution in [3.8, 4) is 0 Å². The summed E-state index contributed by atoms with van der Waals surface area (Å²) in [5, 5.41) is 0. The molecular formula is C11H18I2NO3-. The summed E-state index contributed by atoms with van der Waals surface area (Å²) in [5.74, 6) is 0.279. The van der Waals surface area contributed by atoms with Gasteiger partial charge in [-0.1, -0.05) is 0 Å². The van der Waals surface area contributed by atoms with Gasteiger partial charge in [0, 0.05) is 0 Å². The van der Waals surface area contributed by atoms with Crippen molar-refractivity contribution in [2.24, 2.45) is 5.92 Å². The van der Waals surface area contributed by atoms with Gasteiger partial charge in [-0.25, -0.2) is 0 Å². The quantitative estimate of drug-likeness (QED) is 0.106. The third kappa shape index (κ3) is 4.17. The van der Waals surface area contributed by atoms with Crippen LogP contribution in [0, 0.1) is 5.92 Å². The van der Waals surface area contributed by atoms with Gasteiger partial charge in [-0.3, -0.25) is 0 Å². The van der Waals surface area contributed by atoms with Crippen LogP contribution in [0.4, 0.5) is 0 Å². The van der Waals surface area contributed by atoms with Gasteiger partial charge < -0.3 is 0 Å². The molecule has 100 valence electrons. The first-order valence-corrected chi connectivity index (χ1v) is 9.54. The normalized spacial score (nSPS) is 28.9. The van der Waals surface area contributed by atoms with Gasteiger partial charge in [0.05, 0.1) is 0 Å². The Bertz CT molecular complexity index is 267. The van der Waals surface area contributed by atoms with E-state index in [1.54, 1.807) is 7.11 Å². The standard InChI is InChI=1S/C11H18I2NO3/c1-16-11(7-5-3-2-4-6-7)17-10(15)8(12)9-13-14-9/h7-9,11,14H,2-6H2,1H3/q-1. The van der Waals surface area contributed by atoms with E-state index in [0.717, 1.165) is 12.8 Å². The second-order valence-electron chi connectivity index (χ2n) is 4.46. The fourth-order valence-corrected chi connectivity index (χ4v) is 5.29. The van der Waals surface area contributed by atoms with Crippen molar-refractivity contribution in [1.82, 2.24) is 3.53 Å². The number of rotatable bonds is 5. The molecule has 0 radical (unpaired) electrons. The molecular weight excluding hydrogens is 448 g/mol. The van der Waals surface area contributed by atoms with E-state index in [0.29, 0.717) is 9.97 Å². The van der Waals surface area contributed by atoms with E-state index in [9.17, 15) is 4.79 Å². The molecule has 3 atom stereocenters. The molecule has 0 amide bonds. The van der Waals surface area contributed by atoms with Crippen molar-refractivity contribution >= 4 is 28.6 Å². The Balaban J connectivity index is 1.82. The van der Waals surface area contributed by atoms with Crippen molar-refractivity contribution in [2.45, 2.75) is 46.4 Å². The molecule has 2 fully saturated rings. The molecule has 0 aromatic rings. The summed E-state index contributed by atoms with van der Waals surface area (Å²) in [7, 11) is 1.64. The molecule has 1 aliphatic heterocycles. The molecule has 1 aliphatic carbocycles. The predicted molar refractivity (Wildman–Crippen MR) is 68.2 cm³/mol. The number of methoxy groups -OCH3 is 1. The fraction of sp³-hybridized carbons (Fsp3) is 0.909. The van der Waals surface area contributed by atoms with E-state index in [1.165, 1.54) is 19.3 Å². The first-order valence-electron chi connectivity index (χ1n) is 5.97. The van der Waals surface area contributed by atoms with Gasteiger partial charge in [-0.2, -0.15) is 0 Å². The zero-order valence-electron chi connectivity index (χ0n) is 9.83. The van der Waals surface area contributed by atoms with Gasteiger partial charge in [0.25, 0.3) is 0 Å². The summed E-state index contributed by atoms with van der Waals surface area (Å²) in [6.07, 6.45) is 5.65. The number of hydrogen-bond acceptors (Lipinski definition) is 4. The first kappa shape index (κ1) is 14.3. The minimum absolute atomic E-state index is 0.0401. The molecule has 2 rings (SSSR count). The SMILES string of the molecule is COC(OC(=O)C(I)C1N[I-]1)C1CCCCC1. The summed E-state index contributed by atoms with van der Waals surface area (Å²) in [4.78, 5) is 11.9. The van der Waals surface area contributed by atoms with Gasteiger partial charge in [0.2, 0.25) is 0 Å². The maximum absolute atomic E-state index is 11.9. The van der Waals surface area contributed by atoms with Crippen molar-refractivity contribution in [3.05, 3.63) is 0 Å². The van der Waals surface area contributed by atoms with Crippen LogP contribution in [-0.2, 0) is 14.3 Å². The van der Waals surface area contributed by atoms with Crippen molar-refractivity contribution in [3.63, 3.8) is 0 Å². The molecule has 17 heavy (non-hydrogen) atoms. The molecule has 2 aliphatic rings. The van der Waals surface area contributed by atoms with E-state index >= 15 is 0 Å². The molecule has 1 saturated heterocycles. The van der Waals surface area contributed by atoms with Gasteiger partial charge in [0.1, 0.15) is 0 Å². The van der Waals surface area contributed by atoms with E-state index < -0.39 is 0 Å². The summed E-state index contributed by atoms with van der Waals surface area (Å²) in [5.41, 5.74) is 0. The molecule has 0 aromatic carbocycles. The van der Waals surface area contributed by atoms with E-state index in [4.69, 9.17) is 9.47 Å². The molecule has 1 N–H and O–H groups in total. The van der Waals surface area contributed by atoms with Crippen LogP contribution < -0.4 is 25.0 Å². The fourth-order valence-electron chi connectivity index (χ4n) is 2.19. The number of carbonyl (C=O) groups excluding carboxylic acids is 1. The first-order chi connectivity index (χ1) is 8.22. The zero-order chi connectivity index (χ0) is 12.3. The Labute approximate surface area is 126 Å². The van der Waals surface area contributed by atoms with Crippen molar-refractivity contribution in [2.75, 3.05) is 7.11 Å². The van der Waals surface area contributed by atoms with Crippen LogP contribution in [0.15, 0.2) is 0 Å². The van der Waals surface area contributed by atoms with Gasteiger partial charge in [-0.15, -0.1) is 0 Å². The number of esters is 1. The molecule has 0 aromatic heterocycles. The van der Waals surface area contributed by atoms with Crippen molar-refractivity contribution < 1.29 is 35.7 Å². The van der Waals surface area contributed by atoms with E-state index in [2.05, 4.69) is 26.1 Å². The number of halogens is 2. The number of hydrogen-bond donors (Lipinski definition) is 1. The number of alkyl halides is 2. The molecule has 1 saturated carbocycles. The third-order valence-electron chi connectivity index (χ3n) is 3.22. The second-order valence-corrected chi connectivity index (χ2v) is 8.39. The number of nitrogens with one attached hydrogen (secondary N) is 1. The van der Waals surface area contributed by atoms with Gasteiger partial charge >= 0.3 is 127 Å². The predicted octanol–water partition coefficient (Wildman–Crippen LogP) is -1.18. The van der Waals surface area contributed by atoms with Crippen LogP contribution in [0.5, 0.6) is 0 Å². The Hall–Kier alpha value is 0.850. The maximum atomic E-state index is 11.9. The third-order valence-corrected chi connectivity index (χ3v) is 7.88. The molecule has 1 heterocycles. The molecule has 4 nitrogen and oxygen atoms in total. The summed E-state index contributed by atoms with van der Waals surface area (Å²) < 4.78 is 14.5. The Morgan fingerprint density at radius 1 is 1.41 bits per heavy atom. The summed E-state index contributed by atoms with van der Waals surface area (Å²) in [6.45, 7) is 0. The summed E-state index contributed by atoms with van der Waals surface area (Å²) >= 11 is 2.23. The Morgan fingerprint density at radius 3 is 2.59 bits per heavy atom. The monoisotopic (exact) mass is 466 g/mol. The van der Waals surface area contributed by atoms with Gasteiger partial charge in [0.15, 0.2) is 0 Å². The summed E-state index contributed by atoms with van der Waals surface area (Å²) in [6, 6.07) is 0. The van der Waals surface area contributed by atoms with Crippen molar-refractivity contribution in [1.29, 1.82) is 0 Å². The second kappa shape index (κ2) is 6.85. The average Bonchev–Trinajstić information content (AvgIpc) is 3.20. The van der Waals surface area contributed by atoms with Crippen LogP contribution in [0.2, 0.25) is 0 Å². The van der Waals surface area contributed by atoms with Crippen LogP contribution in [-0.4, -0.2) is 27.3 Å². The molecule has 0 spiro atoms. The van der Waals surface area contributed by atoms with Crippen LogP contribution in [0.25, 0.3) is 0 Å². The molecule has 3 unspecified atom stereocenters.